The van der Waals surface area contributed by atoms with E-state index in [0.717, 1.165) is 37.0 Å². The van der Waals surface area contributed by atoms with Gasteiger partial charge in [-0.2, -0.15) is 0 Å². The number of halogens is 3. The number of hydrogen-bond donors (Lipinski definition) is 3. The molecule has 6 aromatic heterocycles. The van der Waals surface area contributed by atoms with Gasteiger partial charge in [0, 0.05) is 58.0 Å². The molecule has 8 rings (SSSR count). The van der Waals surface area contributed by atoms with Crippen LogP contribution in [0.1, 0.15) is 92.8 Å². The average Bonchev–Trinajstić information content (AvgIpc) is 3.56. The number of hydrogen-bond acceptors (Lipinski definition) is 9. The highest BCUT2D eigenvalue weighted by Gasteiger charge is 2.29. The lowest BCUT2D eigenvalue weighted by atomic mass is 9.93. The van der Waals surface area contributed by atoms with Crippen LogP contribution in [0.15, 0.2) is 61.7 Å². The molecule has 0 amide bonds. The topological polar surface area (TPSA) is 154 Å². The number of aliphatic hydroxyl groups excluding tert-OH is 2. The molecule has 4 N–H and O–H groups in total. The quantitative estimate of drug-likeness (QED) is 0.151. The van der Waals surface area contributed by atoms with Gasteiger partial charge in [0.15, 0.2) is 0 Å². The van der Waals surface area contributed by atoms with Crippen molar-refractivity contribution in [2.45, 2.75) is 70.2 Å². The molecule has 2 saturated carbocycles. The Morgan fingerprint density at radius 2 is 1.15 bits per heavy atom. The molecule has 0 saturated heterocycles. The molecule has 11 nitrogen and oxygen atoms in total. The predicted octanol–water partition coefficient (Wildman–Crippen LogP) is 7.44. The van der Waals surface area contributed by atoms with Crippen LogP contribution in [0.4, 0.5) is 5.82 Å². The zero-order valence-electron chi connectivity index (χ0n) is 24.5. The van der Waals surface area contributed by atoms with Gasteiger partial charge in [-0.1, -0.05) is 42.2 Å². The fourth-order valence-corrected chi connectivity index (χ4v) is 6.55. The van der Waals surface area contributed by atoms with Gasteiger partial charge in [-0.05, 0) is 62.8 Å². The summed E-state index contributed by atoms with van der Waals surface area (Å²) in [4.78, 5) is 25.3. The number of anilines is 1. The molecule has 2 aliphatic carbocycles. The lowest BCUT2D eigenvalue weighted by Gasteiger charge is -2.27. The molecule has 47 heavy (non-hydrogen) atoms. The van der Waals surface area contributed by atoms with Crippen LogP contribution in [-0.2, 0) is 0 Å². The largest absolute Gasteiger partial charge is 0.383 e. The summed E-state index contributed by atoms with van der Waals surface area (Å²) in [5, 5.41) is 24.3. The predicted molar refractivity (Wildman–Crippen MR) is 184 cm³/mol. The summed E-state index contributed by atoms with van der Waals surface area (Å²) >= 11 is 18.3. The van der Waals surface area contributed by atoms with Crippen molar-refractivity contribution in [3.8, 4) is 0 Å². The normalized spacial score (nSPS) is 16.1. The van der Waals surface area contributed by atoms with E-state index in [-0.39, 0.29) is 7.43 Å². The molecule has 6 aromatic rings. The highest BCUT2D eigenvalue weighted by atomic mass is 35.5. The van der Waals surface area contributed by atoms with Gasteiger partial charge in [0.2, 0.25) is 0 Å². The number of nitrogens with zero attached hydrogens (tertiary/aromatic N) is 8. The number of rotatable bonds is 6. The molecule has 0 aromatic carbocycles. The van der Waals surface area contributed by atoms with Crippen molar-refractivity contribution < 1.29 is 10.2 Å². The first-order valence-corrected chi connectivity index (χ1v) is 16.1. The molecule has 2 fully saturated rings. The molecule has 0 aliphatic heterocycles. The van der Waals surface area contributed by atoms with Crippen LogP contribution in [0.25, 0.3) is 22.1 Å². The van der Waals surface area contributed by atoms with Gasteiger partial charge < -0.3 is 25.1 Å². The highest BCUT2D eigenvalue weighted by Crippen LogP contribution is 2.41. The third-order valence-electron chi connectivity index (χ3n) is 8.83. The van der Waals surface area contributed by atoms with Gasteiger partial charge in [0.05, 0.1) is 22.2 Å². The Bertz CT molecular complexity index is 1900. The maximum atomic E-state index is 10.8. The SMILES string of the molecule is C.Nc1ncnc2c1c(C(O)c1cc(Cl)ccn1)cn2C1CCC1.OC(c1cc(Cl)ccn1)c1cn(C2CCC2)c2ncnc(Cl)c12. The van der Waals surface area contributed by atoms with E-state index in [1.54, 1.807) is 36.7 Å². The van der Waals surface area contributed by atoms with E-state index in [1.165, 1.54) is 25.5 Å². The fraction of sp³-hybridized carbons (Fsp3) is 0.333. The molecule has 0 spiro atoms. The zero-order chi connectivity index (χ0) is 31.9. The third-order valence-corrected chi connectivity index (χ3v) is 9.59. The Kier molecular flexibility index (Phi) is 9.63. The zero-order valence-corrected chi connectivity index (χ0v) is 26.8. The highest BCUT2D eigenvalue weighted by molar-refractivity contribution is 6.34. The van der Waals surface area contributed by atoms with Crippen molar-refractivity contribution in [1.82, 2.24) is 39.0 Å². The summed E-state index contributed by atoms with van der Waals surface area (Å²) in [5.41, 5.74) is 9.85. The van der Waals surface area contributed by atoms with Crippen molar-refractivity contribution >= 4 is 62.7 Å². The van der Waals surface area contributed by atoms with Crippen LogP contribution in [0.2, 0.25) is 15.2 Å². The monoisotopic (exact) mass is 693 g/mol. The van der Waals surface area contributed by atoms with Crippen LogP contribution in [0, 0.1) is 0 Å². The molecule has 6 heterocycles. The summed E-state index contributed by atoms with van der Waals surface area (Å²) < 4.78 is 4.19. The second-order valence-corrected chi connectivity index (χ2v) is 12.8. The first-order chi connectivity index (χ1) is 22.3. The number of nitrogens with two attached hydrogens (primary N) is 1. The minimum absolute atomic E-state index is 0. The van der Waals surface area contributed by atoms with Gasteiger partial charge in [0.25, 0.3) is 0 Å². The fourth-order valence-electron chi connectivity index (χ4n) is 5.97. The molecule has 0 radical (unpaired) electrons. The Balaban J connectivity index is 0.000000161. The van der Waals surface area contributed by atoms with E-state index in [9.17, 15) is 10.2 Å². The van der Waals surface area contributed by atoms with Crippen LogP contribution in [-0.4, -0.2) is 49.3 Å². The van der Waals surface area contributed by atoms with Crippen LogP contribution < -0.4 is 5.73 Å². The Morgan fingerprint density at radius 1 is 0.681 bits per heavy atom. The molecule has 2 atom stereocenters. The van der Waals surface area contributed by atoms with Gasteiger partial charge in [-0.3, -0.25) is 9.97 Å². The van der Waals surface area contributed by atoms with Crippen LogP contribution in [0.3, 0.4) is 0 Å². The van der Waals surface area contributed by atoms with E-state index in [1.807, 2.05) is 12.4 Å². The molecular weight excluding hydrogens is 661 g/mol. The molecule has 2 aliphatic rings. The molecule has 2 unspecified atom stereocenters. The maximum Gasteiger partial charge on any atom is 0.146 e. The molecule has 244 valence electrons. The Labute approximate surface area is 286 Å². The standard InChI is InChI=1S/C16H14Cl2N4O.C16H16ClN5O.CH4/c2*17-9-4-5-19-12(6-9)14(23)11-7-22(10-2-1-3-10)16-13(11)15(18)20-8-21-16;/h4-8,10,14,23H,1-3H2;4-8,10,14,23H,1-3H2,(H2,18,20,21);1H4. The Morgan fingerprint density at radius 3 is 1.62 bits per heavy atom. The number of aromatic nitrogens is 8. The summed E-state index contributed by atoms with van der Waals surface area (Å²) in [6.07, 6.45) is 14.9. The van der Waals surface area contributed by atoms with E-state index < -0.39 is 12.2 Å². The summed E-state index contributed by atoms with van der Waals surface area (Å²) in [7, 11) is 0. The van der Waals surface area contributed by atoms with Gasteiger partial charge >= 0.3 is 0 Å². The van der Waals surface area contributed by atoms with Crippen molar-refractivity contribution in [2.75, 3.05) is 5.73 Å². The van der Waals surface area contributed by atoms with Crippen molar-refractivity contribution in [3.05, 3.63) is 99.4 Å². The summed E-state index contributed by atoms with van der Waals surface area (Å²) in [6, 6.07) is 7.45. The number of nitrogen functional groups attached to an aromatic ring is 1. The van der Waals surface area contributed by atoms with Crippen molar-refractivity contribution in [2.24, 2.45) is 0 Å². The van der Waals surface area contributed by atoms with Gasteiger partial charge in [0.1, 0.15) is 47.1 Å². The number of aliphatic hydroxyl groups is 2. The maximum absolute atomic E-state index is 10.8. The molecule has 0 bridgehead atoms. The first kappa shape index (κ1) is 33.0. The van der Waals surface area contributed by atoms with Crippen molar-refractivity contribution in [1.29, 1.82) is 0 Å². The van der Waals surface area contributed by atoms with E-state index >= 15 is 0 Å². The van der Waals surface area contributed by atoms with Crippen molar-refractivity contribution in [3.63, 3.8) is 0 Å². The summed E-state index contributed by atoms with van der Waals surface area (Å²) in [6.45, 7) is 0. The smallest absolute Gasteiger partial charge is 0.146 e. The second kappa shape index (κ2) is 13.7. The third kappa shape index (κ3) is 6.26. The van der Waals surface area contributed by atoms with Gasteiger partial charge in [-0.15, -0.1) is 0 Å². The van der Waals surface area contributed by atoms with Crippen LogP contribution >= 0.6 is 34.8 Å². The van der Waals surface area contributed by atoms with Gasteiger partial charge in [-0.25, -0.2) is 19.9 Å². The van der Waals surface area contributed by atoms with E-state index in [0.29, 0.717) is 66.4 Å². The minimum Gasteiger partial charge on any atom is -0.383 e. The number of pyridine rings is 2. The van der Waals surface area contributed by atoms with E-state index in [2.05, 4.69) is 39.0 Å². The lowest BCUT2D eigenvalue weighted by Crippen LogP contribution is -2.16. The second-order valence-electron chi connectivity index (χ2n) is 11.6. The number of fused-ring (bicyclic) bond motifs is 2. The summed E-state index contributed by atoms with van der Waals surface area (Å²) in [5.74, 6) is 0.365. The molecular formula is C33H34Cl3N9O2. The lowest BCUT2D eigenvalue weighted by molar-refractivity contribution is 0.215. The first-order valence-electron chi connectivity index (χ1n) is 15.0. The molecule has 14 heteroatoms. The Hall–Kier alpha value is -3.87. The minimum atomic E-state index is -0.930. The van der Waals surface area contributed by atoms with Crippen LogP contribution in [0.5, 0.6) is 0 Å². The van der Waals surface area contributed by atoms with E-state index in [4.69, 9.17) is 40.5 Å². The average molecular weight is 695 g/mol.